The van der Waals surface area contributed by atoms with E-state index in [4.69, 9.17) is 11.6 Å². The molecule has 2 aromatic carbocycles. The van der Waals surface area contributed by atoms with Gasteiger partial charge in [-0.05, 0) is 36.9 Å². The zero-order chi connectivity index (χ0) is 19.8. The minimum Gasteiger partial charge on any atom is -0.298 e. The standard InChI is InChI=1S/C21H16ClFN4O/c1-26(12-15-16(22)5-4-6-17(15)23)11-13-9-20(28)27-19-8-3-2-7-18(19)25-21(27)14(13)10-24/h2-9,14H,11-12H2,1H3. The molecule has 140 valence electrons. The highest BCUT2D eigenvalue weighted by Gasteiger charge is 2.31. The average Bonchev–Trinajstić information content (AvgIpc) is 3.05. The Morgan fingerprint density at radius 2 is 2.04 bits per heavy atom. The lowest BCUT2D eigenvalue weighted by molar-refractivity contribution is 0.0963. The van der Waals surface area contributed by atoms with E-state index in [9.17, 15) is 14.4 Å². The Morgan fingerprint density at radius 3 is 2.79 bits per heavy atom. The molecular formula is C21H16ClFN4O. The zero-order valence-electron chi connectivity index (χ0n) is 15.1. The van der Waals surface area contributed by atoms with Gasteiger partial charge in [0, 0.05) is 29.8 Å². The van der Waals surface area contributed by atoms with E-state index in [2.05, 4.69) is 11.1 Å². The Morgan fingerprint density at radius 1 is 1.25 bits per heavy atom. The summed E-state index contributed by atoms with van der Waals surface area (Å²) in [7, 11) is 1.79. The van der Waals surface area contributed by atoms with Crippen LogP contribution in [0.4, 0.5) is 4.39 Å². The molecule has 4 rings (SSSR count). The van der Waals surface area contributed by atoms with E-state index in [0.717, 1.165) is 0 Å². The molecule has 1 aromatic heterocycles. The van der Waals surface area contributed by atoms with Gasteiger partial charge in [0.15, 0.2) is 0 Å². The van der Waals surface area contributed by atoms with E-state index < -0.39 is 5.92 Å². The molecule has 0 saturated carbocycles. The van der Waals surface area contributed by atoms with Crippen LogP contribution in [0.1, 0.15) is 22.1 Å². The van der Waals surface area contributed by atoms with Crippen LogP contribution in [0, 0.1) is 17.1 Å². The quantitative estimate of drug-likeness (QED) is 0.667. The highest BCUT2D eigenvalue weighted by molar-refractivity contribution is 6.31. The molecule has 1 aliphatic heterocycles. The monoisotopic (exact) mass is 394 g/mol. The van der Waals surface area contributed by atoms with Crippen LogP contribution in [0.5, 0.6) is 0 Å². The number of para-hydroxylation sites is 2. The number of rotatable bonds is 4. The number of nitrogens with zero attached hydrogens (tertiary/aromatic N) is 4. The lowest BCUT2D eigenvalue weighted by Gasteiger charge is -2.24. The molecule has 28 heavy (non-hydrogen) atoms. The van der Waals surface area contributed by atoms with Crippen molar-refractivity contribution in [1.82, 2.24) is 14.5 Å². The van der Waals surface area contributed by atoms with E-state index in [0.29, 0.717) is 39.6 Å². The maximum atomic E-state index is 14.1. The number of fused-ring (bicyclic) bond motifs is 3. The second-order valence-electron chi connectivity index (χ2n) is 6.79. The number of allylic oxidation sites excluding steroid dienone is 1. The Labute approximate surface area is 166 Å². The van der Waals surface area contributed by atoms with Crippen LogP contribution >= 0.6 is 11.6 Å². The molecule has 0 radical (unpaired) electrons. The zero-order valence-corrected chi connectivity index (χ0v) is 15.8. The molecule has 7 heteroatoms. The number of likely N-dealkylation sites (N-methyl/N-ethyl adjacent to an activating group) is 1. The summed E-state index contributed by atoms with van der Waals surface area (Å²) in [6, 6.07) is 14.1. The van der Waals surface area contributed by atoms with Crippen molar-refractivity contribution in [1.29, 1.82) is 5.26 Å². The predicted octanol–water partition coefficient (Wildman–Crippen LogP) is 4.15. The first-order valence-corrected chi connectivity index (χ1v) is 9.10. The third-order valence-electron chi connectivity index (χ3n) is 4.82. The molecule has 0 aliphatic carbocycles. The van der Waals surface area contributed by atoms with Crippen LogP contribution in [0.25, 0.3) is 11.0 Å². The van der Waals surface area contributed by atoms with Crippen molar-refractivity contribution in [2.45, 2.75) is 12.5 Å². The molecule has 1 aliphatic rings. The van der Waals surface area contributed by atoms with Gasteiger partial charge in [-0.1, -0.05) is 29.8 Å². The summed E-state index contributed by atoms with van der Waals surface area (Å²) in [6.45, 7) is 0.573. The van der Waals surface area contributed by atoms with Gasteiger partial charge in [-0.15, -0.1) is 0 Å². The molecule has 1 atom stereocenters. The van der Waals surface area contributed by atoms with Crippen molar-refractivity contribution in [3.05, 3.63) is 76.3 Å². The SMILES string of the molecule is CN(CC1=CC(=O)n2c(nc3ccccc32)C1C#N)Cc1c(F)cccc1Cl. The van der Waals surface area contributed by atoms with Gasteiger partial charge in [-0.25, -0.2) is 9.37 Å². The molecule has 5 nitrogen and oxygen atoms in total. The van der Waals surface area contributed by atoms with Gasteiger partial charge in [0.1, 0.15) is 17.6 Å². The first kappa shape index (κ1) is 18.4. The Bertz CT molecular complexity index is 1140. The number of carbonyl (C=O) groups is 1. The van der Waals surface area contributed by atoms with Gasteiger partial charge in [0.25, 0.3) is 5.91 Å². The molecule has 0 bridgehead atoms. The van der Waals surface area contributed by atoms with Crippen molar-refractivity contribution in [3.8, 4) is 6.07 Å². The van der Waals surface area contributed by atoms with Gasteiger partial charge in [-0.2, -0.15) is 5.26 Å². The molecule has 0 spiro atoms. The van der Waals surface area contributed by atoms with Crippen molar-refractivity contribution in [2.24, 2.45) is 0 Å². The molecule has 0 N–H and O–H groups in total. The summed E-state index contributed by atoms with van der Waals surface area (Å²) in [5.41, 5.74) is 2.37. The van der Waals surface area contributed by atoms with E-state index in [1.165, 1.54) is 16.7 Å². The highest BCUT2D eigenvalue weighted by Crippen LogP contribution is 2.32. The molecule has 0 fully saturated rings. The number of hydrogen-bond donors (Lipinski definition) is 0. The first-order valence-electron chi connectivity index (χ1n) is 8.73. The highest BCUT2D eigenvalue weighted by atomic mass is 35.5. The average molecular weight is 395 g/mol. The van der Waals surface area contributed by atoms with Crippen molar-refractivity contribution in [2.75, 3.05) is 13.6 Å². The van der Waals surface area contributed by atoms with E-state index in [1.54, 1.807) is 19.2 Å². The summed E-state index contributed by atoms with van der Waals surface area (Å²) in [6.07, 6.45) is 1.48. The summed E-state index contributed by atoms with van der Waals surface area (Å²) in [5, 5.41) is 10.1. The molecule has 3 aromatic rings. The Hall–Kier alpha value is -3.01. The second kappa shape index (κ2) is 7.19. The largest absolute Gasteiger partial charge is 0.298 e. The van der Waals surface area contributed by atoms with Crippen LogP contribution in [-0.4, -0.2) is 34.0 Å². The fourth-order valence-electron chi connectivity index (χ4n) is 3.54. The summed E-state index contributed by atoms with van der Waals surface area (Å²) < 4.78 is 15.6. The number of imidazole rings is 1. The summed E-state index contributed by atoms with van der Waals surface area (Å²) in [5.74, 6) is -0.846. The van der Waals surface area contributed by atoms with Crippen molar-refractivity contribution >= 4 is 28.5 Å². The van der Waals surface area contributed by atoms with Crippen LogP contribution in [0.3, 0.4) is 0 Å². The molecular weight excluding hydrogens is 379 g/mol. The molecule has 1 unspecified atom stereocenters. The second-order valence-corrected chi connectivity index (χ2v) is 7.19. The third-order valence-corrected chi connectivity index (χ3v) is 5.17. The van der Waals surface area contributed by atoms with Crippen LogP contribution in [0.15, 0.2) is 54.1 Å². The Kier molecular flexibility index (Phi) is 4.71. The number of benzene rings is 2. The third kappa shape index (κ3) is 3.09. The number of carbonyl (C=O) groups excluding carboxylic acids is 1. The summed E-state index contributed by atoms with van der Waals surface area (Å²) >= 11 is 6.11. The van der Waals surface area contributed by atoms with Gasteiger partial charge in [0.05, 0.1) is 17.1 Å². The topological polar surface area (TPSA) is 61.9 Å². The van der Waals surface area contributed by atoms with Gasteiger partial charge in [0.2, 0.25) is 0 Å². The fraction of sp³-hybridized carbons (Fsp3) is 0.190. The van der Waals surface area contributed by atoms with Crippen LogP contribution in [-0.2, 0) is 6.54 Å². The van der Waals surface area contributed by atoms with Crippen LogP contribution in [0.2, 0.25) is 5.02 Å². The smallest absolute Gasteiger partial charge is 0.256 e. The lowest BCUT2D eigenvalue weighted by atomic mass is 9.95. The molecule has 2 heterocycles. The number of aromatic nitrogens is 2. The number of hydrogen-bond acceptors (Lipinski definition) is 4. The Balaban J connectivity index is 1.64. The molecule has 0 saturated heterocycles. The van der Waals surface area contributed by atoms with Gasteiger partial charge >= 0.3 is 0 Å². The van der Waals surface area contributed by atoms with E-state index >= 15 is 0 Å². The van der Waals surface area contributed by atoms with Gasteiger partial charge < -0.3 is 0 Å². The minimum atomic E-state index is -0.649. The fourth-order valence-corrected chi connectivity index (χ4v) is 3.76. The van der Waals surface area contributed by atoms with E-state index in [1.807, 2.05) is 29.2 Å². The van der Waals surface area contributed by atoms with Crippen LogP contribution < -0.4 is 0 Å². The normalized spacial score (nSPS) is 16.2. The van der Waals surface area contributed by atoms with Gasteiger partial charge in [-0.3, -0.25) is 14.3 Å². The van der Waals surface area contributed by atoms with E-state index in [-0.39, 0.29) is 18.3 Å². The first-order chi connectivity index (χ1) is 13.5. The predicted molar refractivity (Wildman–Crippen MR) is 105 cm³/mol. The maximum Gasteiger partial charge on any atom is 0.256 e. The van der Waals surface area contributed by atoms with Crippen molar-refractivity contribution in [3.63, 3.8) is 0 Å². The number of halogens is 2. The van der Waals surface area contributed by atoms with Crippen molar-refractivity contribution < 1.29 is 9.18 Å². The maximum absolute atomic E-state index is 14.1. The number of nitriles is 1. The lowest BCUT2D eigenvalue weighted by Crippen LogP contribution is -2.29. The summed E-state index contributed by atoms with van der Waals surface area (Å²) in [4.78, 5) is 19.0. The minimum absolute atomic E-state index is 0.234. The molecule has 0 amide bonds.